The van der Waals surface area contributed by atoms with E-state index in [1.165, 1.54) is 24.8 Å². The molecule has 2 heteroatoms. The van der Waals surface area contributed by atoms with Gasteiger partial charge in [0.1, 0.15) is 5.75 Å². The lowest BCUT2D eigenvalue weighted by atomic mass is 9.71. The third-order valence-electron chi connectivity index (χ3n) is 4.40. The van der Waals surface area contributed by atoms with Gasteiger partial charge in [-0.2, -0.15) is 0 Å². The van der Waals surface area contributed by atoms with Gasteiger partial charge in [0.15, 0.2) is 0 Å². The van der Waals surface area contributed by atoms with Crippen LogP contribution >= 0.6 is 0 Å². The maximum atomic E-state index is 5.74. The summed E-state index contributed by atoms with van der Waals surface area (Å²) in [7, 11) is 2.06. The first-order valence-corrected chi connectivity index (χ1v) is 8.01. The summed E-state index contributed by atoms with van der Waals surface area (Å²) in [5.74, 6) is 3.30. The van der Waals surface area contributed by atoms with Gasteiger partial charge in [-0.1, -0.05) is 25.5 Å². The van der Waals surface area contributed by atoms with E-state index in [1.54, 1.807) is 0 Å². The highest BCUT2D eigenvalue weighted by molar-refractivity contribution is 5.30. The van der Waals surface area contributed by atoms with E-state index < -0.39 is 0 Å². The summed E-state index contributed by atoms with van der Waals surface area (Å²) in [6, 6.07) is 8.79. The van der Waals surface area contributed by atoms with Crippen molar-refractivity contribution in [2.75, 3.05) is 13.6 Å². The zero-order valence-electron chi connectivity index (χ0n) is 13.4. The summed E-state index contributed by atoms with van der Waals surface area (Å²) in [4.78, 5) is 0. The first kappa shape index (κ1) is 15.4. The van der Waals surface area contributed by atoms with Crippen molar-refractivity contribution in [3.05, 3.63) is 29.8 Å². The monoisotopic (exact) mass is 275 g/mol. The van der Waals surface area contributed by atoms with Crippen LogP contribution in [0.15, 0.2) is 24.3 Å². The standard InChI is InChI=1S/C18H29NO/c1-13(2)20-17-9-7-15(8-10-17)18-11-14(3)5-6-16(18)12-19-4/h7-10,13-14,16,18-19H,5-6,11-12H2,1-4H3. The molecule has 0 spiro atoms. The second-order valence-electron chi connectivity index (χ2n) is 6.58. The topological polar surface area (TPSA) is 21.3 Å². The van der Waals surface area contributed by atoms with Gasteiger partial charge in [-0.25, -0.2) is 0 Å². The molecular formula is C18H29NO. The van der Waals surface area contributed by atoms with E-state index in [4.69, 9.17) is 4.74 Å². The van der Waals surface area contributed by atoms with Crippen LogP contribution in [0.1, 0.15) is 51.5 Å². The molecular weight excluding hydrogens is 246 g/mol. The molecule has 0 amide bonds. The predicted octanol–water partition coefficient (Wildman–Crippen LogP) is 4.21. The molecule has 2 rings (SSSR count). The van der Waals surface area contributed by atoms with E-state index >= 15 is 0 Å². The SMILES string of the molecule is CNCC1CCC(C)CC1c1ccc(OC(C)C)cc1. The molecule has 112 valence electrons. The van der Waals surface area contributed by atoms with Crippen LogP contribution < -0.4 is 10.1 Å². The fourth-order valence-corrected chi connectivity index (χ4v) is 3.42. The van der Waals surface area contributed by atoms with Crippen LogP contribution in [0, 0.1) is 11.8 Å². The van der Waals surface area contributed by atoms with Crippen molar-refractivity contribution in [1.82, 2.24) is 5.32 Å². The zero-order valence-corrected chi connectivity index (χ0v) is 13.4. The maximum absolute atomic E-state index is 5.74. The van der Waals surface area contributed by atoms with Gasteiger partial charge in [0.05, 0.1) is 6.10 Å². The zero-order chi connectivity index (χ0) is 14.5. The Kier molecular flexibility index (Phi) is 5.47. The van der Waals surface area contributed by atoms with E-state index in [0.29, 0.717) is 5.92 Å². The fourth-order valence-electron chi connectivity index (χ4n) is 3.42. The summed E-state index contributed by atoms with van der Waals surface area (Å²) < 4.78 is 5.74. The molecule has 3 unspecified atom stereocenters. The molecule has 0 heterocycles. The minimum Gasteiger partial charge on any atom is -0.491 e. The average Bonchev–Trinajstić information content (AvgIpc) is 2.41. The number of benzene rings is 1. The van der Waals surface area contributed by atoms with Gasteiger partial charge < -0.3 is 10.1 Å². The highest BCUT2D eigenvalue weighted by atomic mass is 16.5. The van der Waals surface area contributed by atoms with Gasteiger partial charge in [0.2, 0.25) is 0 Å². The Morgan fingerprint density at radius 1 is 1.20 bits per heavy atom. The molecule has 20 heavy (non-hydrogen) atoms. The normalized spacial score (nSPS) is 26.8. The Bertz CT molecular complexity index is 398. The van der Waals surface area contributed by atoms with Crippen LogP contribution in [-0.4, -0.2) is 19.7 Å². The van der Waals surface area contributed by atoms with Crippen molar-refractivity contribution in [1.29, 1.82) is 0 Å². The van der Waals surface area contributed by atoms with Crippen molar-refractivity contribution in [2.24, 2.45) is 11.8 Å². The average molecular weight is 275 g/mol. The minimum absolute atomic E-state index is 0.243. The van der Waals surface area contributed by atoms with Gasteiger partial charge in [-0.3, -0.25) is 0 Å². The van der Waals surface area contributed by atoms with Crippen LogP contribution in [0.5, 0.6) is 5.75 Å². The first-order chi connectivity index (χ1) is 9.60. The molecule has 1 aromatic rings. The second-order valence-corrected chi connectivity index (χ2v) is 6.58. The van der Waals surface area contributed by atoms with Crippen molar-refractivity contribution < 1.29 is 4.74 Å². The van der Waals surface area contributed by atoms with Crippen LogP contribution in [0.3, 0.4) is 0 Å². The molecule has 1 aliphatic carbocycles. The van der Waals surface area contributed by atoms with Crippen LogP contribution in [-0.2, 0) is 0 Å². The molecule has 1 saturated carbocycles. The van der Waals surface area contributed by atoms with Gasteiger partial charge in [0, 0.05) is 0 Å². The molecule has 0 saturated heterocycles. The molecule has 0 bridgehead atoms. The summed E-state index contributed by atoms with van der Waals surface area (Å²) >= 11 is 0. The van der Waals surface area contributed by atoms with E-state index in [9.17, 15) is 0 Å². The Morgan fingerprint density at radius 3 is 2.50 bits per heavy atom. The molecule has 3 atom stereocenters. The molecule has 1 fully saturated rings. The van der Waals surface area contributed by atoms with E-state index in [-0.39, 0.29) is 6.10 Å². The number of nitrogens with one attached hydrogen (secondary N) is 1. The summed E-state index contributed by atoms with van der Waals surface area (Å²) in [6.45, 7) is 7.65. The van der Waals surface area contributed by atoms with Crippen LogP contribution in [0.25, 0.3) is 0 Å². The fraction of sp³-hybridized carbons (Fsp3) is 0.667. The smallest absolute Gasteiger partial charge is 0.119 e. The summed E-state index contributed by atoms with van der Waals surface area (Å²) in [5, 5.41) is 3.36. The Balaban J connectivity index is 2.10. The van der Waals surface area contributed by atoms with Gasteiger partial charge in [-0.05, 0) is 75.7 Å². The second kappa shape index (κ2) is 7.12. The third-order valence-corrected chi connectivity index (χ3v) is 4.40. The van der Waals surface area contributed by atoms with Gasteiger partial charge in [-0.15, -0.1) is 0 Å². The highest BCUT2D eigenvalue weighted by Gasteiger charge is 2.29. The van der Waals surface area contributed by atoms with E-state index in [0.717, 1.165) is 24.1 Å². The van der Waals surface area contributed by atoms with Gasteiger partial charge >= 0.3 is 0 Å². The van der Waals surface area contributed by atoms with Crippen molar-refractivity contribution in [3.8, 4) is 5.75 Å². The maximum Gasteiger partial charge on any atom is 0.119 e. The summed E-state index contributed by atoms with van der Waals surface area (Å²) in [6.07, 6.45) is 4.28. The number of ether oxygens (including phenoxy) is 1. The van der Waals surface area contributed by atoms with Crippen molar-refractivity contribution >= 4 is 0 Å². The Hall–Kier alpha value is -1.02. The molecule has 1 aliphatic rings. The quantitative estimate of drug-likeness (QED) is 0.869. The molecule has 1 aromatic carbocycles. The Morgan fingerprint density at radius 2 is 1.90 bits per heavy atom. The van der Waals surface area contributed by atoms with Gasteiger partial charge in [0.25, 0.3) is 0 Å². The lowest BCUT2D eigenvalue weighted by molar-refractivity contribution is 0.239. The largest absolute Gasteiger partial charge is 0.491 e. The highest BCUT2D eigenvalue weighted by Crippen LogP contribution is 2.40. The third kappa shape index (κ3) is 3.99. The molecule has 0 radical (unpaired) electrons. The minimum atomic E-state index is 0.243. The lowest BCUT2D eigenvalue weighted by Gasteiger charge is -2.35. The Labute approximate surface area is 123 Å². The molecule has 0 aliphatic heterocycles. The van der Waals surface area contributed by atoms with Crippen LogP contribution in [0.2, 0.25) is 0 Å². The van der Waals surface area contributed by atoms with Crippen LogP contribution in [0.4, 0.5) is 0 Å². The molecule has 2 nitrogen and oxygen atoms in total. The summed E-state index contributed by atoms with van der Waals surface area (Å²) in [5.41, 5.74) is 1.48. The lowest BCUT2D eigenvalue weighted by Crippen LogP contribution is -2.29. The van der Waals surface area contributed by atoms with E-state index in [2.05, 4.69) is 57.4 Å². The van der Waals surface area contributed by atoms with Crippen molar-refractivity contribution in [2.45, 2.75) is 52.1 Å². The molecule has 0 aromatic heterocycles. The predicted molar refractivity (Wildman–Crippen MR) is 85.4 cm³/mol. The first-order valence-electron chi connectivity index (χ1n) is 8.01. The number of hydrogen-bond donors (Lipinski definition) is 1. The molecule has 1 N–H and O–H groups in total. The van der Waals surface area contributed by atoms with E-state index in [1.807, 2.05) is 0 Å². The number of hydrogen-bond acceptors (Lipinski definition) is 2. The number of rotatable bonds is 5. The van der Waals surface area contributed by atoms with Crippen molar-refractivity contribution in [3.63, 3.8) is 0 Å².